The number of amides is 2. The van der Waals surface area contributed by atoms with Crippen LogP contribution in [0.3, 0.4) is 0 Å². The first-order valence-corrected chi connectivity index (χ1v) is 14.8. The van der Waals surface area contributed by atoms with Gasteiger partial charge in [0.05, 0.1) is 42.5 Å². The molecule has 2 aromatic rings. The van der Waals surface area contributed by atoms with Crippen molar-refractivity contribution in [2.45, 2.75) is 77.7 Å². The Hall–Kier alpha value is -2.72. The maximum atomic E-state index is 12.9. The Kier molecular flexibility index (Phi) is 7.82. The molecule has 34 heavy (non-hydrogen) atoms. The van der Waals surface area contributed by atoms with Crippen molar-refractivity contribution in [1.82, 2.24) is 20.1 Å². The van der Waals surface area contributed by atoms with E-state index in [1.165, 1.54) is 0 Å². The Morgan fingerprint density at radius 2 is 2.09 bits per heavy atom. The molecule has 10 heteroatoms. The first kappa shape index (κ1) is 25.9. The lowest BCUT2D eigenvalue weighted by Crippen LogP contribution is -2.41. The van der Waals surface area contributed by atoms with Crippen molar-refractivity contribution in [2.24, 2.45) is 5.92 Å². The van der Waals surface area contributed by atoms with Crippen molar-refractivity contribution >= 4 is 26.0 Å². The van der Waals surface area contributed by atoms with Crippen LogP contribution in [0.25, 0.3) is 11.3 Å². The van der Waals surface area contributed by atoms with Crippen LogP contribution >= 0.6 is 0 Å². The number of aromatic nitrogens is 3. The molecule has 0 spiro atoms. The third-order valence-electron chi connectivity index (χ3n) is 6.96. The minimum Gasteiger partial charge on any atom is -0.465 e. The molecule has 2 aromatic heterocycles. The van der Waals surface area contributed by atoms with Crippen molar-refractivity contribution in [2.75, 3.05) is 11.9 Å². The molecule has 0 aromatic carbocycles. The van der Waals surface area contributed by atoms with E-state index in [0.29, 0.717) is 43.8 Å². The van der Waals surface area contributed by atoms with Crippen LogP contribution in [0.1, 0.15) is 58.7 Å². The monoisotopic (exact) mass is 487 g/mol. The van der Waals surface area contributed by atoms with Crippen LogP contribution in [0.4, 0.5) is 10.5 Å². The number of fused-ring (bicyclic) bond motifs is 4. The Morgan fingerprint density at radius 3 is 2.76 bits per heavy atom. The molecule has 3 heterocycles. The molecule has 2 bridgehead atoms. The number of carboxylic acid groups (broad SMARTS) is 1. The minimum absolute atomic E-state index is 0.0732. The van der Waals surface area contributed by atoms with Crippen molar-refractivity contribution in [3.63, 3.8) is 0 Å². The first-order valence-electron chi connectivity index (χ1n) is 11.9. The fraction of sp³-hybridized carbons (Fsp3) is 0.583. The van der Waals surface area contributed by atoms with Gasteiger partial charge in [0.2, 0.25) is 5.91 Å². The normalized spacial score (nSPS) is 19.4. The van der Waals surface area contributed by atoms with Gasteiger partial charge in [-0.25, -0.2) is 4.79 Å². The summed E-state index contributed by atoms with van der Waals surface area (Å²) in [6, 6.07) is 3.28. The third kappa shape index (κ3) is 6.04. The minimum atomic E-state index is -1.91. The lowest BCUT2D eigenvalue weighted by Gasteiger charge is -2.36. The SMILES string of the molecule is C[C@@H]1CCC[C@H](NC(=O)O)c2cc(ccn2)-c2c(cnn2CCO[Si](C)(C)C(C)(C)C)NC1=O. The number of hydrogen-bond donors (Lipinski definition) is 3. The quantitative estimate of drug-likeness (QED) is 0.509. The van der Waals surface area contributed by atoms with E-state index in [1.807, 2.05) is 23.7 Å². The van der Waals surface area contributed by atoms with Gasteiger partial charge in [0.15, 0.2) is 8.32 Å². The molecular formula is C24H37N5O4Si. The standard InChI is InChI=1S/C24H37N5O4Si/c1-16-8-7-9-18(28-23(31)32)19-14-17(10-11-25-19)21-20(27-22(16)30)15-26-29(21)12-13-33-34(5,6)24(2,3)4/h10-11,14-16,18,28H,7-9,12-13H2,1-6H3,(H,27,30)(H,31,32)/t16-,18+/m1/s1. The van der Waals surface area contributed by atoms with Crippen molar-refractivity contribution in [3.05, 3.63) is 30.2 Å². The number of nitrogens with one attached hydrogen (secondary N) is 2. The van der Waals surface area contributed by atoms with Crippen molar-refractivity contribution in [1.29, 1.82) is 0 Å². The molecule has 1 aliphatic rings. The number of carbonyl (C=O) groups is 2. The summed E-state index contributed by atoms with van der Waals surface area (Å²) in [5.41, 5.74) is 2.86. The van der Waals surface area contributed by atoms with E-state index in [9.17, 15) is 14.7 Å². The van der Waals surface area contributed by atoms with Crippen LogP contribution < -0.4 is 10.6 Å². The zero-order valence-corrected chi connectivity index (χ0v) is 22.0. The van der Waals surface area contributed by atoms with E-state index >= 15 is 0 Å². The average molecular weight is 488 g/mol. The Bertz CT molecular complexity index is 1030. The predicted molar refractivity (Wildman–Crippen MR) is 134 cm³/mol. The zero-order chi connectivity index (χ0) is 25.1. The fourth-order valence-corrected chi connectivity index (χ4v) is 4.83. The topological polar surface area (TPSA) is 118 Å². The van der Waals surface area contributed by atoms with Crippen LogP contribution in [-0.2, 0) is 15.8 Å². The molecule has 0 fully saturated rings. The Labute approximate surface area is 202 Å². The number of rotatable bonds is 5. The third-order valence-corrected chi connectivity index (χ3v) is 11.5. The molecule has 0 radical (unpaired) electrons. The summed E-state index contributed by atoms with van der Waals surface area (Å²) in [5.74, 6) is -0.287. The fourth-order valence-electron chi connectivity index (χ4n) is 3.80. The highest BCUT2D eigenvalue weighted by atomic mass is 28.4. The van der Waals surface area contributed by atoms with Crippen LogP contribution in [0.15, 0.2) is 24.5 Å². The van der Waals surface area contributed by atoms with E-state index in [0.717, 1.165) is 11.3 Å². The molecule has 1 aliphatic heterocycles. The molecule has 3 N–H and O–H groups in total. The van der Waals surface area contributed by atoms with E-state index in [1.54, 1.807) is 12.4 Å². The van der Waals surface area contributed by atoms with Gasteiger partial charge in [0.1, 0.15) is 0 Å². The van der Waals surface area contributed by atoms with Gasteiger partial charge in [-0.3, -0.25) is 14.5 Å². The second kappa shape index (κ2) is 10.3. The predicted octanol–water partition coefficient (Wildman–Crippen LogP) is 5.03. The number of nitrogens with zero attached hydrogens (tertiary/aromatic N) is 3. The maximum absolute atomic E-state index is 12.9. The van der Waals surface area contributed by atoms with Gasteiger partial charge >= 0.3 is 6.09 Å². The van der Waals surface area contributed by atoms with Crippen molar-refractivity contribution in [3.8, 4) is 11.3 Å². The molecule has 0 aliphatic carbocycles. The largest absolute Gasteiger partial charge is 0.465 e. The van der Waals surface area contributed by atoms with Crippen molar-refractivity contribution < 1.29 is 19.1 Å². The second-order valence-electron chi connectivity index (χ2n) is 10.5. The van der Waals surface area contributed by atoms with E-state index in [2.05, 4.69) is 54.6 Å². The number of anilines is 1. The van der Waals surface area contributed by atoms with Crippen LogP contribution in [0, 0.1) is 5.92 Å². The highest BCUT2D eigenvalue weighted by Gasteiger charge is 2.37. The van der Waals surface area contributed by atoms with Crippen LogP contribution in [0.2, 0.25) is 18.1 Å². The summed E-state index contributed by atoms with van der Waals surface area (Å²) in [6.45, 7) is 14.0. The summed E-state index contributed by atoms with van der Waals surface area (Å²) >= 11 is 0. The highest BCUT2D eigenvalue weighted by molar-refractivity contribution is 6.74. The van der Waals surface area contributed by atoms with Gasteiger partial charge in [0, 0.05) is 17.7 Å². The Morgan fingerprint density at radius 1 is 1.35 bits per heavy atom. The molecule has 2 atom stereocenters. The molecule has 0 saturated carbocycles. The van der Waals surface area contributed by atoms with E-state index in [4.69, 9.17) is 4.43 Å². The molecule has 186 valence electrons. The van der Waals surface area contributed by atoms with Gasteiger partial charge in [-0.2, -0.15) is 5.10 Å². The van der Waals surface area contributed by atoms with Gasteiger partial charge in [0.25, 0.3) is 0 Å². The lowest BCUT2D eigenvalue weighted by molar-refractivity contribution is -0.119. The second-order valence-corrected chi connectivity index (χ2v) is 15.3. The van der Waals surface area contributed by atoms with Gasteiger partial charge in [-0.1, -0.05) is 34.1 Å². The van der Waals surface area contributed by atoms with Gasteiger partial charge in [-0.15, -0.1) is 0 Å². The smallest absolute Gasteiger partial charge is 0.405 e. The zero-order valence-electron chi connectivity index (χ0n) is 21.0. The van der Waals surface area contributed by atoms with Crippen LogP contribution in [0.5, 0.6) is 0 Å². The maximum Gasteiger partial charge on any atom is 0.405 e. The summed E-state index contributed by atoms with van der Waals surface area (Å²) in [7, 11) is -1.91. The lowest BCUT2D eigenvalue weighted by atomic mass is 9.97. The summed E-state index contributed by atoms with van der Waals surface area (Å²) in [5, 5.41) is 19.6. The molecular weight excluding hydrogens is 450 g/mol. The number of pyridine rings is 1. The van der Waals surface area contributed by atoms with Gasteiger partial charge in [-0.05, 0) is 43.1 Å². The molecule has 2 amide bonds. The number of hydrogen-bond acceptors (Lipinski definition) is 5. The summed E-state index contributed by atoms with van der Waals surface area (Å²) in [6.07, 6.45) is 4.15. The summed E-state index contributed by atoms with van der Waals surface area (Å²) in [4.78, 5) is 28.7. The number of carbonyl (C=O) groups excluding carboxylic acids is 1. The summed E-state index contributed by atoms with van der Waals surface area (Å²) < 4.78 is 8.20. The van der Waals surface area contributed by atoms with Gasteiger partial charge < -0.3 is 20.2 Å². The molecule has 0 unspecified atom stereocenters. The van der Waals surface area contributed by atoms with E-state index in [-0.39, 0.29) is 16.9 Å². The van der Waals surface area contributed by atoms with Crippen LogP contribution in [-0.4, -0.2) is 46.8 Å². The van der Waals surface area contributed by atoms with E-state index < -0.39 is 20.5 Å². The molecule has 3 rings (SSSR count). The molecule has 9 nitrogen and oxygen atoms in total. The highest BCUT2D eigenvalue weighted by Crippen LogP contribution is 2.37. The molecule has 0 saturated heterocycles. The Balaban J connectivity index is 1.97. The first-order chi connectivity index (χ1) is 15.9. The average Bonchev–Trinajstić information content (AvgIpc) is 3.13.